The minimum atomic E-state index is 0. The third-order valence-corrected chi connectivity index (χ3v) is 4.69. The van der Waals surface area contributed by atoms with Gasteiger partial charge in [0, 0.05) is 30.8 Å². The zero-order valence-corrected chi connectivity index (χ0v) is 18.8. The topological polar surface area (TPSA) is 39.7 Å². The Kier molecular flexibility index (Phi) is 11.8. The molecule has 0 spiro atoms. The average Bonchev–Trinajstić information content (AvgIpc) is 2.62. The highest BCUT2D eigenvalue weighted by Crippen LogP contribution is 2.37. The molecule has 0 heterocycles. The maximum atomic E-state index is 6.21. The second kappa shape index (κ2) is 13.2. The standard InChI is InChI=1S/C20H25BrClNO3.ClH/c1-3-25-19-12-15(13-23-9-6-10-24-2)11-17(21)20(19)26-14-16-7-4-5-8-18(16)22;/h4-5,7-8,11-12,23H,3,6,9-10,13-14H2,1-2H3;1H. The SMILES string of the molecule is CCOc1cc(CNCCCOC)cc(Br)c1OCc1ccccc1Cl.Cl. The van der Waals surface area contributed by atoms with Gasteiger partial charge in [0.2, 0.25) is 0 Å². The van der Waals surface area contributed by atoms with E-state index in [1.165, 1.54) is 0 Å². The van der Waals surface area contributed by atoms with Crippen molar-refractivity contribution in [2.45, 2.75) is 26.5 Å². The van der Waals surface area contributed by atoms with Crippen LogP contribution < -0.4 is 14.8 Å². The van der Waals surface area contributed by atoms with Gasteiger partial charge in [-0.05, 0) is 59.6 Å². The van der Waals surface area contributed by atoms with E-state index >= 15 is 0 Å². The van der Waals surface area contributed by atoms with E-state index in [0.717, 1.165) is 47.5 Å². The van der Waals surface area contributed by atoms with Crippen molar-refractivity contribution in [1.29, 1.82) is 0 Å². The molecule has 2 aromatic rings. The molecule has 0 saturated heterocycles. The Balaban J connectivity index is 0.00000364. The van der Waals surface area contributed by atoms with E-state index in [4.69, 9.17) is 25.8 Å². The van der Waals surface area contributed by atoms with Crippen LogP contribution in [0.25, 0.3) is 0 Å². The van der Waals surface area contributed by atoms with Crippen molar-refractivity contribution < 1.29 is 14.2 Å². The van der Waals surface area contributed by atoms with Crippen molar-refractivity contribution in [3.63, 3.8) is 0 Å². The summed E-state index contributed by atoms with van der Waals surface area (Å²) in [7, 11) is 1.72. The van der Waals surface area contributed by atoms with E-state index in [-0.39, 0.29) is 12.4 Å². The monoisotopic (exact) mass is 477 g/mol. The highest BCUT2D eigenvalue weighted by molar-refractivity contribution is 9.10. The van der Waals surface area contributed by atoms with Gasteiger partial charge in [-0.25, -0.2) is 0 Å². The predicted octanol–water partition coefficient (Wildman–Crippen LogP) is 5.63. The number of methoxy groups -OCH3 is 1. The number of hydrogen-bond donors (Lipinski definition) is 1. The van der Waals surface area contributed by atoms with Crippen molar-refractivity contribution in [1.82, 2.24) is 5.32 Å². The fourth-order valence-electron chi connectivity index (χ4n) is 2.47. The summed E-state index contributed by atoms with van der Waals surface area (Å²) in [5, 5.41) is 4.10. The van der Waals surface area contributed by atoms with Gasteiger partial charge in [0.15, 0.2) is 11.5 Å². The van der Waals surface area contributed by atoms with Crippen molar-refractivity contribution >= 4 is 39.9 Å². The minimum Gasteiger partial charge on any atom is -0.490 e. The molecule has 0 bridgehead atoms. The lowest BCUT2D eigenvalue weighted by molar-refractivity contribution is 0.194. The van der Waals surface area contributed by atoms with Crippen molar-refractivity contribution in [3.8, 4) is 11.5 Å². The van der Waals surface area contributed by atoms with Crippen LogP contribution in [0.1, 0.15) is 24.5 Å². The first-order valence-electron chi connectivity index (χ1n) is 8.66. The summed E-state index contributed by atoms with van der Waals surface area (Å²) >= 11 is 9.82. The molecule has 2 aromatic carbocycles. The Labute approximate surface area is 181 Å². The molecule has 4 nitrogen and oxygen atoms in total. The summed E-state index contributed by atoms with van der Waals surface area (Å²) in [5.74, 6) is 1.41. The van der Waals surface area contributed by atoms with Crippen LogP contribution in [0, 0.1) is 0 Å². The number of rotatable bonds is 11. The Hall–Kier alpha value is -0.980. The maximum absolute atomic E-state index is 6.21. The number of ether oxygens (including phenoxy) is 3. The summed E-state index contributed by atoms with van der Waals surface area (Å²) in [6.45, 7) is 5.33. The molecule has 0 atom stereocenters. The molecule has 0 aliphatic heterocycles. The van der Waals surface area contributed by atoms with Crippen molar-refractivity contribution in [2.24, 2.45) is 0 Å². The quantitative estimate of drug-likeness (QED) is 0.425. The number of nitrogens with one attached hydrogen (secondary N) is 1. The molecule has 7 heteroatoms. The summed E-state index contributed by atoms with van der Waals surface area (Å²) in [4.78, 5) is 0. The first-order chi connectivity index (χ1) is 12.7. The van der Waals surface area contributed by atoms with E-state index in [1.807, 2.05) is 43.3 Å². The van der Waals surface area contributed by atoms with Crippen LogP contribution in [0.5, 0.6) is 11.5 Å². The highest BCUT2D eigenvalue weighted by atomic mass is 79.9. The lowest BCUT2D eigenvalue weighted by atomic mass is 10.2. The third kappa shape index (κ3) is 7.88. The molecule has 0 unspecified atom stereocenters. The van der Waals surface area contributed by atoms with Gasteiger partial charge in [-0.2, -0.15) is 0 Å². The molecule has 0 aliphatic rings. The molecule has 0 radical (unpaired) electrons. The Morgan fingerprint density at radius 2 is 1.93 bits per heavy atom. The molecule has 150 valence electrons. The van der Waals surface area contributed by atoms with Gasteiger partial charge >= 0.3 is 0 Å². The Morgan fingerprint density at radius 1 is 1.15 bits per heavy atom. The van der Waals surface area contributed by atoms with E-state index in [0.29, 0.717) is 24.0 Å². The van der Waals surface area contributed by atoms with Gasteiger partial charge in [0.05, 0.1) is 11.1 Å². The van der Waals surface area contributed by atoms with Gasteiger partial charge in [-0.15, -0.1) is 12.4 Å². The number of halogens is 3. The number of hydrogen-bond acceptors (Lipinski definition) is 4. The van der Waals surface area contributed by atoms with E-state index in [9.17, 15) is 0 Å². The molecule has 0 aromatic heterocycles. The lowest BCUT2D eigenvalue weighted by Crippen LogP contribution is -2.16. The van der Waals surface area contributed by atoms with E-state index < -0.39 is 0 Å². The first kappa shape index (κ1) is 24.1. The average molecular weight is 479 g/mol. The van der Waals surface area contributed by atoms with E-state index in [2.05, 4.69) is 21.2 Å². The van der Waals surface area contributed by atoms with Crippen LogP contribution in [-0.2, 0) is 17.9 Å². The minimum absolute atomic E-state index is 0. The largest absolute Gasteiger partial charge is 0.490 e. The van der Waals surface area contributed by atoms with Gasteiger partial charge in [0.25, 0.3) is 0 Å². The van der Waals surface area contributed by atoms with Gasteiger partial charge < -0.3 is 19.5 Å². The molecule has 2 rings (SSSR count). The highest BCUT2D eigenvalue weighted by Gasteiger charge is 2.13. The van der Waals surface area contributed by atoms with Gasteiger partial charge in [0.1, 0.15) is 6.61 Å². The zero-order chi connectivity index (χ0) is 18.8. The Bertz CT molecular complexity index is 701. The van der Waals surface area contributed by atoms with Crippen molar-refractivity contribution in [2.75, 3.05) is 26.9 Å². The third-order valence-electron chi connectivity index (χ3n) is 3.73. The second-order valence-electron chi connectivity index (χ2n) is 5.74. The maximum Gasteiger partial charge on any atom is 0.175 e. The van der Waals surface area contributed by atoms with Crippen LogP contribution in [0.15, 0.2) is 40.9 Å². The molecule has 0 saturated carbocycles. The summed E-state index contributed by atoms with van der Waals surface area (Å²) in [6.07, 6.45) is 0.981. The van der Waals surface area contributed by atoms with Crippen LogP contribution in [0.3, 0.4) is 0 Å². The zero-order valence-electron chi connectivity index (χ0n) is 15.6. The molecular formula is C20H26BrCl2NO3. The molecule has 0 fully saturated rings. The van der Waals surface area contributed by atoms with Crippen LogP contribution in [0.4, 0.5) is 0 Å². The van der Waals surface area contributed by atoms with Crippen LogP contribution >= 0.6 is 39.9 Å². The Morgan fingerprint density at radius 3 is 2.63 bits per heavy atom. The molecule has 0 aliphatic carbocycles. The first-order valence-corrected chi connectivity index (χ1v) is 9.83. The fourth-order valence-corrected chi connectivity index (χ4v) is 3.26. The van der Waals surface area contributed by atoms with Crippen LogP contribution in [0.2, 0.25) is 5.02 Å². The fraction of sp³-hybridized carbons (Fsp3) is 0.400. The second-order valence-corrected chi connectivity index (χ2v) is 7.00. The normalized spacial score (nSPS) is 10.4. The van der Waals surface area contributed by atoms with E-state index in [1.54, 1.807) is 7.11 Å². The molecular weight excluding hydrogens is 453 g/mol. The molecule has 27 heavy (non-hydrogen) atoms. The smallest absolute Gasteiger partial charge is 0.175 e. The molecule has 1 N–H and O–H groups in total. The van der Waals surface area contributed by atoms with Gasteiger partial charge in [-0.3, -0.25) is 0 Å². The van der Waals surface area contributed by atoms with Gasteiger partial charge in [-0.1, -0.05) is 29.8 Å². The van der Waals surface area contributed by atoms with Crippen molar-refractivity contribution in [3.05, 3.63) is 57.0 Å². The lowest BCUT2D eigenvalue weighted by Gasteiger charge is -2.16. The van der Waals surface area contributed by atoms with Crippen LogP contribution in [-0.4, -0.2) is 26.9 Å². The number of benzene rings is 2. The summed E-state index contributed by atoms with van der Waals surface area (Å²) < 4.78 is 17.7. The summed E-state index contributed by atoms with van der Waals surface area (Å²) in [6, 6.07) is 11.7. The predicted molar refractivity (Wildman–Crippen MR) is 117 cm³/mol. The molecule has 0 amide bonds. The summed E-state index contributed by atoms with van der Waals surface area (Å²) in [5.41, 5.74) is 2.07.